The Morgan fingerprint density at radius 1 is 1.63 bits per heavy atom. The summed E-state index contributed by atoms with van der Waals surface area (Å²) >= 11 is 1.65. The van der Waals surface area contributed by atoms with Crippen LogP contribution in [-0.4, -0.2) is 27.1 Å². The fourth-order valence-electron chi connectivity index (χ4n) is 1.84. The Hall–Kier alpha value is -1.88. The van der Waals surface area contributed by atoms with Gasteiger partial charge in [-0.3, -0.25) is 9.48 Å². The first-order valence-electron chi connectivity index (χ1n) is 6.04. The van der Waals surface area contributed by atoms with Gasteiger partial charge in [-0.1, -0.05) is 12.1 Å². The molecule has 2 heterocycles. The summed E-state index contributed by atoms with van der Waals surface area (Å²) < 4.78 is 1.71. The molecule has 0 N–H and O–H groups in total. The molecule has 2 rings (SSSR count). The Labute approximate surface area is 117 Å². The minimum Gasteiger partial charge on any atom is -0.330 e. The van der Waals surface area contributed by atoms with E-state index in [1.165, 1.54) is 0 Å². The molecule has 2 aromatic heterocycles. The van der Waals surface area contributed by atoms with Gasteiger partial charge < -0.3 is 4.90 Å². The lowest BCUT2D eigenvalue weighted by Crippen LogP contribution is -2.30. The van der Waals surface area contributed by atoms with E-state index in [9.17, 15) is 4.79 Å². The molecular formula is C14H17N3OS. The molecule has 5 heteroatoms. The molecule has 2 aromatic rings. The third-order valence-corrected chi connectivity index (χ3v) is 3.89. The van der Waals surface area contributed by atoms with Crippen molar-refractivity contribution in [2.75, 3.05) is 6.54 Å². The molecule has 0 fully saturated rings. The zero-order valence-corrected chi connectivity index (χ0v) is 12.0. The summed E-state index contributed by atoms with van der Waals surface area (Å²) in [6.07, 6.45) is 3.37. The largest absolute Gasteiger partial charge is 0.330 e. The van der Waals surface area contributed by atoms with Gasteiger partial charge in [0.25, 0.3) is 5.91 Å². The zero-order valence-electron chi connectivity index (χ0n) is 11.2. The molecule has 19 heavy (non-hydrogen) atoms. The minimum atomic E-state index is -0.00102. The Bertz CT molecular complexity index is 572. The third-order valence-electron chi connectivity index (χ3n) is 3.03. The number of nitrogens with zero attached hydrogens (tertiary/aromatic N) is 3. The van der Waals surface area contributed by atoms with E-state index in [2.05, 4.69) is 11.7 Å². The van der Waals surface area contributed by atoms with Crippen molar-refractivity contribution in [3.05, 3.63) is 52.5 Å². The molecule has 0 aliphatic carbocycles. The van der Waals surface area contributed by atoms with Crippen molar-refractivity contribution in [2.24, 2.45) is 7.05 Å². The summed E-state index contributed by atoms with van der Waals surface area (Å²) in [5.74, 6) is -0.00102. The highest BCUT2D eigenvalue weighted by atomic mass is 32.1. The highest BCUT2D eigenvalue weighted by molar-refractivity contribution is 7.09. The average molecular weight is 275 g/mol. The van der Waals surface area contributed by atoms with Crippen LogP contribution in [0.1, 0.15) is 20.9 Å². The predicted molar refractivity (Wildman–Crippen MR) is 77.2 cm³/mol. The van der Waals surface area contributed by atoms with Gasteiger partial charge in [0.2, 0.25) is 0 Å². The fraction of sp³-hybridized carbons (Fsp3) is 0.286. The van der Waals surface area contributed by atoms with Gasteiger partial charge in [0, 0.05) is 24.2 Å². The molecule has 0 aliphatic rings. The molecule has 1 amide bonds. The van der Waals surface area contributed by atoms with Crippen molar-refractivity contribution in [3.8, 4) is 0 Å². The molecule has 0 radical (unpaired) electrons. The quantitative estimate of drug-likeness (QED) is 0.787. The van der Waals surface area contributed by atoms with Crippen molar-refractivity contribution < 1.29 is 4.79 Å². The predicted octanol–water partition coefficient (Wildman–Crippen LogP) is 2.62. The Morgan fingerprint density at radius 3 is 2.95 bits per heavy atom. The van der Waals surface area contributed by atoms with Crippen LogP contribution in [0.2, 0.25) is 0 Å². The van der Waals surface area contributed by atoms with Crippen LogP contribution in [0.3, 0.4) is 0 Å². The van der Waals surface area contributed by atoms with Gasteiger partial charge in [0.15, 0.2) is 0 Å². The second-order valence-electron chi connectivity index (χ2n) is 4.32. The number of amides is 1. The first kappa shape index (κ1) is 13.5. The number of rotatable bonds is 5. The molecule has 4 nitrogen and oxygen atoms in total. The van der Waals surface area contributed by atoms with Crippen LogP contribution >= 0.6 is 11.3 Å². The molecule has 0 saturated heterocycles. The number of hydrogen-bond donors (Lipinski definition) is 0. The van der Waals surface area contributed by atoms with Crippen molar-refractivity contribution in [3.63, 3.8) is 0 Å². The molecular weight excluding hydrogens is 258 g/mol. The van der Waals surface area contributed by atoms with Crippen LogP contribution in [-0.2, 0) is 13.6 Å². The number of carbonyl (C=O) groups excluding carboxylic acids is 1. The van der Waals surface area contributed by atoms with E-state index in [1.807, 2.05) is 31.5 Å². The Morgan fingerprint density at radius 2 is 2.42 bits per heavy atom. The van der Waals surface area contributed by atoms with E-state index in [1.54, 1.807) is 33.2 Å². The lowest BCUT2D eigenvalue weighted by molar-refractivity contribution is 0.0763. The van der Waals surface area contributed by atoms with Crippen molar-refractivity contribution in [1.82, 2.24) is 14.7 Å². The highest BCUT2D eigenvalue weighted by Gasteiger charge is 2.19. The SMILES string of the molecule is C=CCN(Cc1cccs1)C(=O)c1cnn(C)c1C. The van der Waals surface area contributed by atoms with Gasteiger partial charge in [-0.05, 0) is 18.4 Å². The maximum absolute atomic E-state index is 12.5. The molecule has 0 aliphatic heterocycles. The summed E-state index contributed by atoms with van der Waals surface area (Å²) in [6, 6.07) is 4.02. The van der Waals surface area contributed by atoms with Crippen LogP contribution in [0, 0.1) is 6.92 Å². The van der Waals surface area contributed by atoms with Crippen LogP contribution < -0.4 is 0 Å². The Balaban J connectivity index is 2.21. The van der Waals surface area contributed by atoms with E-state index in [4.69, 9.17) is 0 Å². The normalized spacial score (nSPS) is 10.4. The van der Waals surface area contributed by atoms with E-state index >= 15 is 0 Å². The number of thiophene rings is 1. The van der Waals surface area contributed by atoms with Crippen molar-refractivity contribution in [2.45, 2.75) is 13.5 Å². The Kier molecular flexibility index (Phi) is 4.16. The second-order valence-corrected chi connectivity index (χ2v) is 5.35. The standard InChI is InChI=1S/C14H17N3OS/c1-4-7-17(10-12-6-5-8-19-12)14(18)13-9-15-16(3)11(13)2/h4-6,8-9H,1,7,10H2,2-3H3. The van der Waals surface area contributed by atoms with E-state index in [-0.39, 0.29) is 5.91 Å². The number of aryl methyl sites for hydroxylation is 1. The highest BCUT2D eigenvalue weighted by Crippen LogP contribution is 2.16. The first-order valence-corrected chi connectivity index (χ1v) is 6.92. The van der Waals surface area contributed by atoms with Gasteiger partial charge in [0.1, 0.15) is 0 Å². The van der Waals surface area contributed by atoms with Crippen LogP contribution in [0.5, 0.6) is 0 Å². The van der Waals surface area contributed by atoms with Crippen LogP contribution in [0.15, 0.2) is 36.4 Å². The fourth-order valence-corrected chi connectivity index (χ4v) is 2.56. The maximum Gasteiger partial charge on any atom is 0.257 e. The van der Waals surface area contributed by atoms with Crippen LogP contribution in [0.25, 0.3) is 0 Å². The monoisotopic (exact) mass is 275 g/mol. The third kappa shape index (κ3) is 2.93. The molecule has 0 saturated carbocycles. The number of carbonyl (C=O) groups is 1. The van der Waals surface area contributed by atoms with Gasteiger partial charge in [-0.15, -0.1) is 17.9 Å². The molecule has 0 bridgehead atoms. The molecule has 0 unspecified atom stereocenters. The zero-order chi connectivity index (χ0) is 13.8. The minimum absolute atomic E-state index is 0.00102. The molecule has 0 spiro atoms. The molecule has 100 valence electrons. The molecule has 0 aromatic carbocycles. The van der Waals surface area contributed by atoms with Gasteiger partial charge >= 0.3 is 0 Å². The maximum atomic E-state index is 12.5. The van der Waals surface area contributed by atoms with E-state index in [0.717, 1.165) is 10.6 Å². The number of hydrogen-bond acceptors (Lipinski definition) is 3. The summed E-state index contributed by atoms with van der Waals surface area (Å²) in [5.41, 5.74) is 1.53. The first-order chi connectivity index (χ1) is 9.13. The topological polar surface area (TPSA) is 38.1 Å². The van der Waals surface area contributed by atoms with Crippen molar-refractivity contribution >= 4 is 17.2 Å². The van der Waals surface area contributed by atoms with E-state index < -0.39 is 0 Å². The van der Waals surface area contributed by atoms with Gasteiger partial charge in [-0.2, -0.15) is 5.10 Å². The summed E-state index contributed by atoms with van der Waals surface area (Å²) in [4.78, 5) is 15.5. The molecule has 0 atom stereocenters. The van der Waals surface area contributed by atoms with Crippen molar-refractivity contribution in [1.29, 1.82) is 0 Å². The smallest absolute Gasteiger partial charge is 0.257 e. The van der Waals surface area contributed by atoms with Crippen LogP contribution in [0.4, 0.5) is 0 Å². The lowest BCUT2D eigenvalue weighted by Gasteiger charge is -2.20. The second kappa shape index (κ2) is 5.84. The lowest BCUT2D eigenvalue weighted by atomic mass is 10.2. The number of aromatic nitrogens is 2. The summed E-state index contributed by atoms with van der Waals surface area (Å²) in [5, 5.41) is 6.14. The summed E-state index contributed by atoms with van der Waals surface area (Å²) in [7, 11) is 1.84. The summed E-state index contributed by atoms with van der Waals surface area (Å²) in [6.45, 7) is 6.76. The van der Waals surface area contributed by atoms with Gasteiger partial charge in [0.05, 0.1) is 18.3 Å². The van der Waals surface area contributed by atoms with Gasteiger partial charge in [-0.25, -0.2) is 0 Å². The van der Waals surface area contributed by atoms with E-state index in [0.29, 0.717) is 18.7 Å². The average Bonchev–Trinajstić information content (AvgIpc) is 3.00.